The van der Waals surface area contributed by atoms with Gasteiger partial charge in [-0.2, -0.15) is 13.2 Å². The third-order valence-electron chi connectivity index (χ3n) is 3.24. The number of nitrogens with one attached hydrogen (secondary N) is 2. The van der Waals surface area contributed by atoms with E-state index in [0.29, 0.717) is 13.2 Å². The number of hydrogen-bond acceptors (Lipinski definition) is 5. The maximum absolute atomic E-state index is 12.8. The van der Waals surface area contributed by atoms with Crippen molar-refractivity contribution in [2.75, 3.05) is 23.8 Å². The van der Waals surface area contributed by atoms with Crippen LogP contribution >= 0.6 is 0 Å². The molecule has 1 aliphatic rings. The lowest BCUT2D eigenvalue weighted by molar-refractivity contribution is -0.144. The van der Waals surface area contributed by atoms with Crippen molar-refractivity contribution in [1.29, 1.82) is 0 Å². The second-order valence-electron chi connectivity index (χ2n) is 4.97. The van der Waals surface area contributed by atoms with Crippen LogP contribution in [0.25, 0.3) is 0 Å². The molecule has 2 atom stereocenters. The molecule has 1 fully saturated rings. The molecule has 118 valence electrons. The molecule has 1 aliphatic heterocycles. The summed E-state index contributed by atoms with van der Waals surface area (Å²) < 4.78 is 44.0. The standard InChI is InChI=1S/C13H19F3N4O/c1-3-17-10-7-11(20-12(19-10)13(14,15)16)18-8(2)9-5-4-6-21-9/h7-9H,3-6H2,1-2H3,(H2,17,18,19,20). The number of ether oxygens (including phenoxy) is 1. The Labute approximate surface area is 121 Å². The highest BCUT2D eigenvalue weighted by molar-refractivity contribution is 5.48. The molecule has 1 aromatic heterocycles. The van der Waals surface area contributed by atoms with E-state index >= 15 is 0 Å². The summed E-state index contributed by atoms with van der Waals surface area (Å²) in [6.45, 7) is 4.84. The van der Waals surface area contributed by atoms with E-state index in [9.17, 15) is 13.2 Å². The van der Waals surface area contributed by atoms with Crippen LogP contribution in [0.5, 0.6) is 0 Å². The van der Waals surface area contributed by atoms with E-state index in [2.05, 4.69) is 20.6 Å². The molecule has 0 bridgehead atoms. The van der Waals surface area contributed by atoms with E-state index in [-0.39, 0.29) is 23.8 Å². The minimum atomic E-state index is -4.57. The largest absolute Gasteiger partial charge is 0.451 e. The molecule has 21 heavy (non-hydrogen) atoms. The van der Waals surface area contributed by atoms with Crippen molar-refractivity contribution in [3.63, 3.8) is 0 Å². The van der Waals surface area contributed by atoms with Gasteiger partial charge in [0, 0.05) is 19.2 Å². The Kier molecular flexibility index (Phi) is 4.87. The lowest BCUT2D eigenvalue weighted by Gasteiger charge is -2.21. The van der Waals surface area contributed by atoms with Crippen molar-refractivity contribution in [3.8, 4) is 0 Å². The molecule has 2 rings (SSSR count). The molecule has 2 N–H and O–H groups in total. The Balaban J connectivity index is 2.18. The molecule has 2 heterocycles. The third-order valence-corrected chi connectivity index (χ3v) is 3.24. The topological polar surface area (TPSA) is 59.1 Å². The Morgan fingerprint density at radius 1 is 1.38 bits per heavy atom. The average Bonchev–Trinajstić information content (AvgIpc) is 2.91. The van der Waals surface area contributed by atoms with Gasteiger partial charge in [-0.3, -0.25) is 0 Å². The number of nitrogens with zero attached hydrogens (tertiary/aromatic N) is 2. The van der Waals surface area contributed by atoms with Gasteiger partial charge in [0.25, 0.3) is 0 Å². The number of aromatic nitrogens is 2. The fraction of sp³-hybridized carbons (Fsp3) is 0.692. The van der Waals surface area contributed by atoms with Crippen LogP contribution in [0.3, 0.4) is 0 Å². The normalized spacial score (nSPS) is 20.3. The van der Waals surface area contributed by atoms with Crippen LogP contribution < -0.4 is 10.6 Å². The molecule has 5 nitrogen and oxygen atoms in total. The van der Waals surface area contributed by atoms with Gasteiger partial charge in [-0.1, -0.05) is 0 Å². The first-order valence-electron chi connectivity index (χ1n) is 6.98. The quantitative estimate of drug-likeness (QED) is 0.876. The number of hydrogen-bond donors (Lipinski definition) is 2. The highest BCUT2D eigenvalue weighted by Crippen LogP contribution is 2.29. The number of alkyl halides is 3. The smallest absolute Gasteiger partial charge is 0.376 e. The summed E-state index contributed by atoms with van der Waals surface area (Å²) in [5, 5.41) is 5.76. The van der Waals surface area contributed by atoms with E-state index < -0.39 is 12.0 Å². The van der Waals surface area contributed by atoms with Gasteiger partial charge in [0.1, 0.15) is 11.6 Å². The van der Waals surface area contributed by atoms with Crippen molar-refractivity contribution >= 4 is 11.6 Å². The number of halogens is 3. The van der Waals surface area contributed by atoms with Gasteiger partial charge in [-0.25, -0.2) is 9.97 Å². The van der Waals surface area contributed by atoms with Crippen molar-refractivity contribution in [3.05, 3.63) is 11.9 Å². The Morgan fingerprint density at radius 3 is 2.67 bits per heavy atom. The first-order chi connectivity index (χ1) is 9.90. The van der Waals surface area contributed by atoms with E-state index in [0.717, 1.165) is 12.8 Å². The van der Waals surface area contributed by atoms with Crippen LogP contribution in [0.1, 0.15) is 32.5 Å². The molecule has 8 heteroatoms. The molecule has 0 aromatic carbocycles. The van der Waals surface area contributed by atoms with Gasteiger partial charge >= 0.3 is 6.18 Å². The number of rotatable bonds is 5. The van der Waals surface area contributed by atoms with Gasteiger partial charge < -0.3 is 15.4 Å². The maximum Gasteiger partial charge on any atom is 0.451 e. The summed E-state index contributed by atoms with van der Waals surface area (Å²) in [7, 11) is 0. The third kappa shape index (κ3) is 4.20. The van der Waals surface area contributed by atoms with E-state index in [1.54, 1.807) is 6.92 Å². The Morgan fingerprint density at radius 2 is 2.10 bits per heavy atom. The zero-order chi connectivity index (χ0) is 15.5. The summed E-state index contributed by atoms with van der Waals surface area (Å²) in [5.74, 6) is -0.846. The molecule has 1 saturated heterocycles. The molecule has 0 aliphatic carbocycles. The molecule has 0 saturated carbocycles. The van der Waals surface area contributed by atoms with Crippen molar-refractivity contribution in [1.82, 2.24) is 9.97 Å². The minimum Gasteiger partial charge on any atom is -0.376 e. The molecular formula is C13H19F3N4O. The predicted molar refractivity (Wildman–Crippen MR) is 73.3 cm³/mol. The SMILES string of the molecule is CCNc1cc(NC(C)C2CCCO2)nc(C(F)(F)F)n1. The van der Waals surface area contributed by atoms with Crippen LogP contribution in [0, 0.1) is 0 Å². The van der Waals surface area contributed by atoms with Gasteiger partial charge in [0.05, 0.1) is 12.1 Å². The highest BCUT2D eigenvalue weighted by Gasteiger charge is 2.35. The Hall–Kier alpha value is -1.57. The molecule has 1 aromatic rings. The number of anilines is 2. The lowest BCUT2D eigenvalue weighted by Crippen LogP contribution is -2.30. The zero-order valence-electron chi connectivity index (χ0n) is 12.0. The van der Waals surface area contributed by atoms with Crippen LogP contribution in [-0.4, -0.2) is 35.3 Å². The van der Waals surface area contributed by atoms with E-state index in [4.69, 9.17) is 4.74 Å². The fourth-order valence-electron chi connectivity index (χ4n) is 2.24. The average molecular weight is 304 g/mol. The summed E-state index contributed by atoms with van der Waals surface area (Å²) in [6.07, 6.45) is -2.71. The first kappa shape index (κ1) is 15.8. The van der Waals surface area contributed by atoms with Crippen molar-refractivity contribution in [2.45, 2.75) is 45.0 Å². The zero-order valence-corrected chi connectivity index (χ0v) is 12.0. The summed E-state index contributed by atoms with van der Waals surface area (Å²) in [6, 6.07) is 1.36. The molecule has 2 unspecified atom stereocenters. The summed E-state index contributed by atoms with van der Waals surface area (Å²) in [4.78, 5) is 7.04. The monoisotopic (exact) mass is 304 g/mol. The molecule has 0 radical (unpaired) electrons. The maximum atomic E-state index is 12.8. The second kappa shape index (κ2) is 6.46. The Bertz CT molecular complexity index is 475. The van der Waals surface area contributed by atoms with Gasteiger partial charge in [0.2, 0.25) is 5.82 Å². The van der Waals surface area contributed by atoms with Crippen LogP contribution in [-0.2, 0) is 10.9 Å². The lowest BCUT2D eigenvalue weighted by atomic mass is 10.1. The van der Waals surface area contributed by atoms with E-state index in [1.807, 2.05) is 6.92 Å². The first-order valence-corrected chi connectivity index (χ1v) is 6.98. The second-order valence-corrected chi connectivity index (χ2v) is 4.97. The van der Waals surface area contributed by atoms with Crippen LogP contribution in [0.4, 0.5) is 24.8 Å². The van der Waals surface area contributed by atoms with Crippen molar-refractivity contribution in [2.24, 2.45) is 0 Å². The van der Waals surface area contributed by atoms with Gasteiger partial charge in [-0.05, 0) is 26.7 Å². The van der Waals surface area contributed by atoms with Gasteiger partial charge in [-0.15, -0.1) is 0 Å². The minimum absolute atomic E-state index is 0.00288. The molecular weight excluding hydrogens is 285 g/mol. The van der Waals surface area contributed by atoms with E-state index in [1.165, 1.54) is 6.07 Å². The summed E-state index contributed by atoms with van der Waals surface area (Å²) in [5.41, 5.74) is 0. The van der Waals surface area contributed by atoms with Gasteiger partial charge in [0.15, 0.2) is 0 Å². The fourth-order valence-corrected chi connectivity index (χ4v) is 2.24. The molecule has 0 amide bonds. The summed E-state index contributed by atoms with van der Waals surface area (Å²) >= 11 is 0. The van der Waals surface area contributed by atoms with Crippen LogP contribution in [0.2, 0.25) is 0 Å². The van der Waals surface area contributed by atoms with Crippen molar-refractivity contribution < 1.29 is 17.9 Å². The predicted octanol–water partition coefficient (Wildman–Crippen LogP) is 2.91. The van der Waals surface area contributed by atoms with Crippen LogP contribution in [0.15, 0.2) is 6.07 Å². The molecule has 0 spiro atoms. The highest BCUT2D eigenvalue weighted by atomic mass is 19.4.